The Balaban J connectivity index is 2.25. The van der Waals surface area contributed by atoms with Crippen LogP contribution in [0, 0.1) is 0 Å². The van der Waals surface area contributed by atoms with E-state index in [0.29, 0.717) is 6.54 Å². The van der Waals surface area contributed by atoms with Crippen molar-refractivity contribution in [2.75, 3.05) is 0 Å². The van der Waals surface area contributed by atoms with E-state index >= 15 is 0 Å². The maximum atomic E-state index is 11.5. The van der Waals surface area contributed by atoms with Crippen molar-refractivity contribution in [1.29, 1.82) is 0 Å². The van der Waals surface area contributed by atoms with E-state index < -0.39 is 0 Å². The quantitative estimate of drug-likeness (QED) is 0.788. The summed E-state index contributed by atoms with van der Waals surface area (Å²) in [4.78, 5) is 11.5. The average molecular weight is 223 g/mol. The molecule has 1 aromatic rings. The van der Waals surface area contributed by atoms with Crippen molar-refractivity contribution < 1.29 is 4.79 Å². The summed E-state index contributed by atoms with van der Waals surface area (Å²) in [5.41, 5.74) is 1.11. The lowest BCUT2D eigenvalue weighted by Gasteiger charge is -2.13. The number of hydrogen-bond acceptors (Lipinski definition) is 1. The van der Waals surface area contributed by atoms with Crippen molar-refractivity contribution in [3.05, 3.63) is 24.0 Å². The lowest BCUT2D eigenvalue weighted by atomic mass is 10.2. The summed E-state index contributed by atoms with van der Waals surface area (Å²) in [7, 11) is 1.97. The summed E-state index contributed by atoms with van der Waals surface area (Å²) in [6, 6.07) is 2.14. The van der Waals surface area contributed by atoms with Gasteiger partial charge in [-0.3, -0.25) is 0 Å². The van der Waals surface area contributed by atoms with Crippen LogP contribution in [0.3, 0.4) is 0 Å². The van der Waals surface area contributed by atoms with Crippen LogP contribution in [0.5, 0.6) is 0 Å². The van der Waals surface area contributed by atoms with Gasteiger partial charge in [0.2, 0.25) is 0 Å². The Hall–Kier alpha value is -1.45. The van der Waals surface area contributed by atoms with Crippen LogP contribution < -0.4 is 10.6 Å². The molecule has 0 aromatic carbocycles. The molecule has 0 aliphatic rings. The van der Waals surface area contributed by atoms with Gasteiger partial charge in [0.05, 0.1) is 0 Å². The third-order valence-corrected chi connectivity index (χ3v) is 2.45. The largest absolute Gasteiger partial charge is 0.357 e. The van der Waals surface area contributed by atoms with Crippen LogP contribution in [0.15, 0.2) is 18.5 Å². The van der Waals surface area contributed by atoms with Crippen LogP contribution in [0.4, 0.5) is 4.79 Å². The van der Waals surface area contributed by atoms with Gasteiger partial charge >= 0.3 is 6.03 Å². The van der Waals surface area contributed by atoms with Crippen LogP contribution in [-0.2, 0) is 13.6 Å². The molecule has 4 heteroatoms. The first-order valence-corrected chi connectivity index (χ1v) is 5.77. The molecule has 0 saturated carbocycles. The molecule has 0 bridgehead atoms. The SMILES string of the molecule is CCC[C@H](C)NC(=O)NCc1ccn(C)c1. The van der Waals surface area contributed by atoms with Crippen molar-refractivity contribution in [1.82, 2.24) is 15.2 Å². The molecule has 0 radical (unpaired) electrons. The molecule has 0 unspecified atom stereocenters. The highest BCUT2D eigenvalue weighted by Gasteiger charge is 2.05. The fourth-order valence-corrected chi connectivity index (χ4v) is 1.63. The number of rotatable bonds is 5. The van der Waals surface area contributed by atoms with Crippen LogP contribution >= 0.6 is 0 Å². The molecule has 2 amide bonds. The van der Waals surface area contributed by atoms with Crippen molar-refractivity contribution in [2.45, 2.75) is 39.3 Å². The maximum Gasteiger partial charge on any atom is 0.315 e. The average Bonchev–Trinajstić information content (AvgIpc) is 2.61. The zero-order valence-electron chi connectivity index (χ0n) is 10.3. The van der Waals surface area contributed by atoms with E-state index in [1.165, 1.54) is 0 Å². The van der Waals surface area contributed by atoms with Gasteiger partial charge < -0.3 is 15.2 Å². The van der Waals surface area contributed by atoms with Crippen LogP contribution in [0.25, 0.3) is 0 Å². The van der Waals surface area contributed by atoms with E-state index in [-0.39, 0.29) is 12.1 Å². The Labute approximate surface area is 97.0 Å². The summed E-state index contributed by atoms with van der Waals surface area (Å²) in [5.74, 6) is 0. The molecule has 0 saturated heterocycles. The van der Waals surface area contributed by atoms with Crippen LogP contribution in [-0.4, -0.2) is 16.6 Å². The molecule has 1 heterocycles. The van der Waals surface area contributed by atoms with E-state index in [0.717, 1.165) is 18.4 Å². The van der Waals surface area contributed by atoms with Crippen LogP contribution in [0.1, 0.15) is 32.3 Å². The fraction of sp³-hybridized carbons (Fsp3) is 0.583. The summed E-state index contributed by atoms with van der Waals surface area (Å²) in [6.45, 7) is 4.71. The van der Waals surface area contributed by atoms with Gasteiger partial charge in [-0.25, -0.2) is 4.79 Å². The molecular weight excluding hydrogens is 202 g/mol. The molecule has 0 aliphatic carbocycles. The van der Waals surface area contributed by atoms with E-state index in [9.17, 15) is 4.79 Å². The smallest absolute Gasteiger partial charge is 0.315 e. The predicted molar refractivity (Wildman–Crippen MR) is 65.2 cm³/mol. The maximum absolute atomic E-state index is 11.5. The normalized spacial score (nSPS) is 12.2. The summed E-state index contributed by atoms with van der Waals surface area (Å²) in [6.07, 6.45) is 6.06. The second-order valence-electron chi connectivity index (χ2n) is 4.20. The number of aromatic nitrogens is 1. The fourth-order valence-electron chi connectivity index (χ4n) is 1.63. The second-order valence-corrected chi connectivity index (χ2v) is 4.20. The van der Waals surface area contributed by atoms with Gasteiger partial charge in [0.25, 0.3) is 0 Å². The third-order valence-electron chi connectivity index (χ3n) is 2.45. The highest BCUT2D eigenvalue weighted by Crippen LogP contribution is 1.98. The summed E-state index contributed by atoms with van der Waals surface area (Å²) < 4.78 is 1.97. The number of nitrogens with zero attached hydrogens (tertiary/aromatic N) is 1. The Kier molecular flexibility index (Phi) is 4.89. The Morgan fingerprint density at radius 2 is 2.31 bits per heavy atom. The minimum Gasteiger partial charge on any atom is -0.357 e. The number of carbonyl (C=O) groups excluding carboxylic acids is 1. The minimum absolute atomic E-state index is 0.0928. The van der Waals surface area contributed by atoms with Gasteiger partial charge in [-0.05, 0) is 25.0 Å². The molecule has 0 fully saturated rings. The standard InChI is InChI=1S/C12H21N3O/c1-4-5-10(2)14-12(16)13-8-11-6-7-15(3)9-11/h6-7,9-10H,4-5,8H2,1-3H3,(H2,13,14,16)/t10-/m0/s1. The molecule has 1 rings (SSSR count). The number of nitrogens with one attached hydrogen (secondary N) is 2. The molecule has 90 valence electrons. The van der Waals surface area contributed by atoms with Gasteiger partial charge in [0.1, 0.15) is 0 Å². The molecule has 16 heavy (non-hydrogen) atoms. The minimum atomic E-state index is -0.0928. The highest BCUT2D eigenvalue weighted by molar-refractivity contribution is 5.74. The first kappa shape index (κ1) is 12.6. The lowest BCUT2D eigenvalue weighted by Crippen LogP contribution is -2.40. The van der Waals surface area contributed by atoms with Crippen molar-refractivity contribution in [2.24, 2.45) is 7.05 Å². The van der Waals surface area contributed by atoms with E-state index in [2.05, 4.69) is 17.6 Å². The molecule has 0 aliphatic heterocycles. The van der Waals surface area contributed by atoms with E-state index in [1.807, 2.05) is 37.0 Å². The zero-order chi connectivity index (χ0) is 12.0. The number of hydrogen-bond donors (Lipinski definition) is 2. The van der Waals surface area contributed by atoms with Gasteiger partial charge in [0, 0.05) is 32.0 Å². The van der Waals surface area contributed by atoms with E-state index in [4.69, 9.17) is 0 Å². The number of carbonyl (C=O) groups is 1. The number of urea groups is 1. The number of aryl methyl sites for hydroxylation is 1. The van der Waals surface area contributed by atoms with E-state index in [1.54, 1.807) is 0 Å². The molecular formula is C12H21N3O. The first-order chi connectivity index (χ1) is 7.61. The highest BCUT2D eigenvalue weighted by atomic mass is 16.2. The summed E-state index contributed by atoms with van der Waals surface area (Å²) >= 11 is 0. The summed E-state index contributed by atoms with van der Waals surface area (Å²) in [5, 5.41) is 5.74. The van der Waals surface area contributed by atoms with Gasteiger partial charge in [-0.15, -0.1) is 0 Å². The zero-order valence-corrected chi connectivity index (χ0v) is 10.3. The first-order valence-electron chi connectivity index (χ1n) is 5.77. The van der Waals surface area contributed by atoms with Crippen molar-refractivity contribution >= 4 is 6.03 Å². The second kappa shape index (κ2) is 6.20. The molecule has 4 nitrogen and oxygen atoms in total. The Bertz CT molecular complexity index is 333. The monoisotopic (exact) mass is 223 g/mol. The van der Waals surface area contributed by atoms with Gasteiger partial charge in [-0.2, -0.15) is 0 Å². The predicted octanol–water partition coefficient (Wildman–Crippen LogP) is 2.01. The molecule has 0 spiro atoms. The van der Waals surface area contributed by atoms with Gasteiger partial charge in [0.15, 0.2) is 0 Å². The van der Waals surface area contributed by atoms with Crippen molar-refractivity contribution in [3.8, 4) is 0 Å². The molecule has 1 atom stereocenters. The van der Waals surface area contributed by atoms with Crippen molar-refractivity contribution in [3.63, 3.8) is 0 Å². The van der Waals surface area contributed by atoms with Crippen LogP contribution in [0.2, 0.25) is 0 Å². The number of amides is 2. The molecule has 2 N–H and O–H groups in total. The van der Waals surface area contributed by atoms with Gasteiger partial charge in [-0.1, -0.05) is 13.3 Å². The topological polar surface area (TPSA) is 46.1 Å². The lowest BCUT2D eigenvalue weighted by molar-refractivity contribution is 0.236. The Morgan fingerprint density at radius 3 is 2.88 bits per heavy atom. The molecule has 1 aromatic heterocycles. The Morgan fingerprint density at radius 1 is 1.56 bits per heavy atom. The third kappa shape index (κ3) is 4.38.